The van der Waals surface area contributed by atoms with Gasteiger partial charge in [0.25, 0.3) is 5.91 Å². The summed E-state index contributed by atoms with van der Waals surface area (Å²) in [5.41, 5.74) is 1.01. The maximum absolute atomic E-state index is 13.1. The summed E-state index contributed by atoms with van der Waals surface area (Å²) in [6.45, 7) is 6.15. The standard InChI is InChI=1S/C18H18N8O2/c1-4-26(17-14-8-6-5-7-13(14)11(2)20-22-17)18(27)15-9-25(24-21-15)10-16-19-12(3)28-23-16/h5-9H,4,10H2,1-3H3. The van der Waals surface area contributed by atoms with Crippen LogP contribution in [0.3, 0.4) is 0 Å². The quantitative estimate of drug-likeness (QED) is 0.517. The Morgan fingerprint density at radius 2 is 1.93 bits per heavy atom. The van der Waals surface area contributed by atoms with E-state index in [0.29, 0.717) is 24.1 Å². The molecule has 0 unspecified atom stereocenters. The van der Waals surface area contributed by atoms with Crippen LogP contribution in [-0.4, -0.2) is 47.8 Å². The molecule has 4 aromatic rings. The molecule has 0 aliphatic heterocycles. The van der Waals surface area contributed by atoms with Crippen molar-refractivity contribution in [1.82, 2.24) is 35.3 Å². The molecule has 0 bridgehead atoms. The first-order valence-electron chi connectivity index (χ1n) is 8.80. The third-order valence-electron chi connectivity index (χ3n) is 4.30. The van der Waals surface area contributed by atoms with E-state index in [1.54, 1.807) is 18.0 Å². The van der Waals surface area contributed by atoms with Gasteiger partial charge in [-0.1, -0.05) is 34.6 Å². The van der Waals surface area contributed by atoms with Crippen molar-refractivity contribution in [3.8, 4) is 0 Å². The minimum absolute atomic E-state index is 0.202. The van der Waals surface area contributed by atoms with Crippen molar-refractivity contribution >= 4 is 22.5 Å². The molecule has 3 aromatic heterocycles. The Kier molecular flexibility index (Phi) is 4.52. The molecule has 0 aliphatic rings. The number of hydrogen-bond acceptors (Lipinski definition) is 8. The summed E-state index contributed by atoms with van der Waals surface area (Å²) in [4.78, 5) is 18.7. The summed E-state index contributed by atoms with van der Waals surface area (Å²) >= 11 is 0. The zero-order chi connectivity index (χ0) is 19.7. The molecule has 0 radical (unpaired) electrons. The van der Waals surface area contributed by atoms with Crippen LogP contribution in [0.2, 0.25) is 0 Å². The van der Waals surface area contributed by atoms with E-state index in [0.717, 1.165) is 16.5 Å². The van der Waals surface area contributed by atoms with Gasteiger partial charge in [-0.25, -0.2) is 4.68 Å². The second-order valence-electron chi connectivity index (χ2n) is 6.23. The highest BCUT2D eigenvalue weighted by Crippen LogP contribution is 2.26. The van der Waals surface area contributed by atoms with Crippen molar-refractivity contribution in [3.63, 3.8) is 0 Å². The van der Waals surface area contributed by atoms with Gasteiger partial charge in [0.1, 0.15) is 6.54 Å². The van der Waals surface area contributed by atoms with Crippen LogP contribution in [0, 0.1) is 13.8 Å². The predicted molar refractivity (Wildman–Crippen MR) is 99.8 cm³/mol. The van der Waals surface area contributed by atoms with E-state index >= 15 is 0 Å². The van der Waals surface area contributed by atoms with Crippen molar-refractivity contribution in [2.75, 3.05) is 11.4 Å². The van der Waals surface area contributed by atoms with Gasteiger partial charge in [0.15, 0.2) is 17.3 Å². The van der Waals surface area contributed by atoms with Crippen LogP contribution in [-0.2, 0) is 6.54 Å². The van der Waals surface area contributed by atoms with Crippen molar-refractivity contribution in [1.29, 1.82) is 0 Å². The van der Waals surface area contributed by atoms with E-state index < -0.39 is 0 Å². The van der Waals surface area contributed by atoms with E-state index in [-0.39, 0.29) is 18.1 Å². The highest BCUT2D eigenvalue weighted by Gasteiger charge is 2.23. The van der Waals surface area contributed by atoms with E-state index in [2.05, 4.69) is 30.7 Å². The average molecular weight is 378 g/mol. The van der Waals surface area contributed by atoms with Crippen LogP contribution in [0.4, 0.5) is 5.82 Å². The van der Waals surface area contributed by atoms with Crippen molar-refractivity contribution in [3.05, 3.63) is 53.6 Å². The Morgan fingerprint density at radius 1 is 1.14 bits per heavy atom. The molecular formula is C18H18N8O2. The summed E-state index contributed by atoms with van der Waals surface area (Å²) in [6.07, 6.45) is 1.56. The second-order valence-corrected chi connectivity index (χ2v) is 6.23. The van der Waals surface area contributed by atoms with Crippen LogP contribution in [0.15, 0.2) is 35.0 Å². The summed E-state index contributed by atoms with van der Waals surface area (Å²) in [5.74, 6) is 1.12. The van der Waals surface area contributed by atoms with Gasteiger partial charge in [-0.15, -0.1) is 10.2 Å². The molecule has 4 rings (SSSR count). The molecule has 0 fully saturated rings. The first kappa shape index (κ1) is 17.7. The fraction of sp³-hybridized carbons (Fsp3) is 0.278. The lowest BCUT2D eigenvalue weighted by molar-refractivity contribution is 0.0982. The number of fused-ring (bicyclic) bond motifs is 1. The SMILES string of the molecule is CCN(C(=O)c1cn(Cc2noc(C)n2)nn1)c1nnc(C)c2ccccc12. The van der Waals surface area contributed by atoms with Crippen LogP contribution in [0.1, 0.15) is 34.8 Å². The molecule has 0 atom stereocenters. The highest BCUT2D eigenvalue weighted by molar-refractivity contribution is 6.08. The van der Waals surface area contributed by atoms with Gasteiger partial charge in [-0.2, -0.15) is 10.1 Å². The Balaban J connectivity index is 1.64. The van der Waals surface area contributed by atoms with Gasteiger partial charge in [0, 0.05) is 24.2 Å². The number of benzene rings is 1. The van der Waals surface area contributed by atoms with Crippen LogP contribution >= 0.6 is 0 Å². The number of carbonyl (C=O) groups is 1. The van der Waals surface area contributed by atoms with Crippen LogP contribution in [0.5, 0.6) is 0 Å². The monoisotopic (exact) mass is 378 g/mol. The molecule has 1 amide bonds. The van der Waals surface area contributed by atoms with Crippen LogP contribution in [0.25, 0.3) is 10.8 Å². The number of hydrogen-bond donors (Lipinski definition) is 0. The van der Waals surface area contributed by atoms with Crippen LogP contribution < -0.4 is 4.90 Å². The first-order chi connectivity index (χ1) is 13.6. The third-order valence-corrected chi connectivity index (χ3v) is 4.30. The van der Waals surface area contributed by atoms with Crippen molar-refractivity contribution in [2.24, 2.45) is 0 Å². The Bertz CT molecular complexity index is 1150. The molecule has 10 nitrogen and oxygen atoms in total. The largest absolute Gasteiger partial charge is 0.340 e. The van der Waals surface area contributed by atoms with Gasteiger partial charge < -0.3 is 4.52 Å². The topological polar surface area (TPSA) is 116 Å². The lowest BCUT2D eigenvalue weighted by atomic mass is 10.1. The smallest absolute Gasteiger partial charge is 0.281 e. The summed E-state index contributed by atoms with van der Waals surface area (Å²) in [7, 11) is 0. The maximum atomic E-state index is 13.1. The normalized spacial score (nSPS) is 11.1. The molecule has 0 saturated carbocycles. The third kappa shape index (κ3) is 3.20. The average Bonchev–Trinajstić information content (AvgIpc) is 3.33. The molecular weight excluding hydrogens is 360 g/mol. The van der Waals surface area contributed by atoms with Crippen molar-refractivity contribution < 1.29 is 9.32 Å². The van der Waals surface area contributed by atoms with Gasteiger partial charge >= 0.3 is 0 Å². The zero-order valence-electron chi connectivity index (χ0n) is 15.7. The molecule has 0 spiro atoms. The molecule has 28 heavy (non-hydrogen) atoms. The number of aryl methyl sites for hydroxylation is 2. The Hall–Kier alpha value is -3.69. The van der Waals surface area contributed by atoms with E-state index in [9.17, 15) is 4.79 Å². The fourth-order valence-electron chi connectivity index (χ4n) is 2.98. The highest BCUT2D eigenvalue weighted by atomic mass is 16.5. The number of anilines is 1. The second kappa shape index (κ2) is 7.14. The van der Waals surface area contributed by atoms with Crippen molar-refractivity contribution in [2.45, 2.75) is 27.3 Å². The summed E-state index contributed by atoms with van der Waals surface area (Å²) < 4.78 is 6.43. The molecule has 0 N–H and O–H groups in total. The van der Waals surface area contributed by atoms with E-state index in [4.69, 9.17) is 4.52 Å². The molecule has 10 heteroatoms. The Labute approximate surface area is 160 Å². The predicted octanol–water partition coefficient (Wildman–Crippen LogP) is 1.94. The Morgan fingerprint density at radius 3 is 2.64 bits per heavy atom. The lowest BCUT2D eigenvalue weighted by Gasteiger charge is -2.20. The minimum atomic E-state index is -0.304. The number of amides is 1. The number of nitrogens with zero attached hydrogens (tertiary/aromatic N) is 8. The molecule has 142 valence electrons. The van der Waals surface area contributed by atoms with E-state index in [1.807, 2.05) is 38.1 Å². The van der Waals surface area contributed by atoms with Gasteiger partial charge in [0.05, 0.1) is 11.9 Å². The maximum Gasteiger partial charge on any atom is 0.281 e. The molecule has 0 aliphatic carbocycles. The summed E-state index contributed by atoms with van der Waals surface area (Å²) in [6, 6.07) is 7.74. The van der Waals surface area contributed by atoms with Gasteiger partial charge in [-0.3, -0.25) is 9.69 Å². The lowest BCUT2D eigenvalue weighted by Crippen LogP contribution is -2.32. The fourth-order valence-corrected chi connectivity index (χ4v) is 2.98. The minimum Gasteiger partial charge on any atom is -0.340 e. The molecule has 1 aromatic carbocycles. The number of rotatable bonds is 5. The molecule has 3 heterocycles. The number of aromatic nitrogens is 7. The van der Waals surface area contributed by atoms with Gasteiger partial charge in [-0.05, 0) is 13.8 Å². The molecule has 0 saturated heterocycles. The van der Waals surface area contributed by atoms with Gasteiger partial charge in [0.2, 0.25) is 5.89 Å². The van der Waals surface area contributed by atoms with E-state index in [1.165, 1.54) is 4.68 Å². The summed E-state index contributed by atoms with van der Waals surface area (Å²) in [5, 5.41) is 22.1. The first-order valence-corrected chi connectivity index (χ1v) is 8.80. The number of carbonyl (C=O) groups excluding carboxylic acids is 1. The zero-order valence-corrected chi connectivity index (χ0v) is 15.7.